The normalized spacial score (nSPS) is 12.9. The number of halogens is 1. The van der Waals surface area contributed by atoms with Crippen molar-refractivity contribution in [1.29, 1.82) is 0 Å². The highest BCUT2D eigenvalue weighted by Gasteiger charge is 2.16. The molecule has 1 aromatic rings. The number of H-pyrrole nitrogens is 1. The first-order valence-electron chi connectivity index (χ1n) is 6.43. The van der Waals surface area contributed by atoms with Crippen LogP contribution < -0.4 is 15.6 Å². The quantitative estimate of drug-likeness (QED) is 0.678. The zero-order valence-electron chi connectivity index (χ0n) is 11.8. The summed E-state index contributed by atoms with van der Waals surface area (Å²) in [6.07, 6.45) is 1.88. The molecular weight excluding hydrogens is 318 g/mol. The molecule has 0 spiro atoms. The van der Waals surface area contributed by atoms with Crippen molar-refractivity contribution in [3.05, 3.63) is 27.6 Å². The Morgan fingerprint density at radius 1 is 1.48 bits per heavy atom. The second-order valence-corrected chi connectivity index (χ2v) is 6.71. The molecule has 1 aromatic heterocycles. The van der Waals surface area contributed by atoms with Crippen molar-refractivity contribution in [2.45, 2.75) is 37.6 Å². The third kappa shape index (κ3) is 5.49. The van der Waals surface area contributed by atoms with Crippen LogP contribution >= 0.6 is 11.6 Å². The lowest BCUT2D eigenvalue weighted by molar-refractivity contribution is -0.121. The van der Waals surface area contributed by atoms with Gasteiger partial charge in [0.25, 0.3) is 5.56 Å². The first-order valence-corrected chi connectivity index (χ1v) is 8.29. The van der Waals surface area contributed by atoms with Gasteiger partial charge in [-0.05, 0) is 19.4 Å². The lowest BCUT2D eigenvalue weighted by atomic mass is 10.2. The highest BCUT2D eigenvalue weighted by Crippen LogP contribution is 2.10. The molecule has 1 atom stereocenters. The van der Waals surface area contributed by atoms with Crippen LogP contribution in [0.3, 0.4) is 0 Å². The van der Waals surface area contributed by atoms with Crippen LogP contribution in [0.4, 0.5) is 0 Å². The molecule has 1 rings (SSSR count). The molecule has 0 radical (unpaired) electrons. The SMILES string of the molecule is CCC(C)NC(=O)CCNS(=O)(=O)c1c[nH]c(=O)c(Cl)c1. The average molecular weight is 336 g/mol. The van der Waals surface area contributed by atoms with Crippen LogP contribution in [-0.2, 0) is 14.8 Å². The van der Waals surface area contributed by atoms with Gasteiger partial charge in [0.2, 0.25) is 15.9 Å². The van der Waals surface area contributed by atoms with E-state index in [1.807, 2.05) is 13.8 Å². The molecule has 0 aliphatic heterocycles. The van der Waals surface area contributed by atoms with Crippen LogP contribution in [0.1, 0.15) is 26.7 Å². The number of pyridine rings is 1. The zero-order valence-corrected chi connectivity index (χ0v) is 13.3. The number of rotatable bonds is 7. The van der Waals surface area contributed by atoms with E-state index in [-0.39, 0.29) is 34.8 Å². The van der Waals surface area contributed by atoms with Crippen molar-refractivity contribution in [3.63, 3.8) is 0 Å². The maximum atomic E-state index is 11.9. The fourth-order valence-electron chi connectivity index (χ4n) is 1.42. The van der Waals surface area contributed by atoms with Crippen molar-refractivity contribution in [3.8, 4) is 0 Å². The maximum Gasteiger partial charge on any atom is 0.266 e. The standard InChI is InChI=1S/C12H18ClN3O4S/c1-3-8(2)16-11(17)4-5-15-21(19,20)9-6-10(13)12(18)14-7-9/h6-8,15H,3-5H2,1-2H3,(H,14,18)(H,16,17). The van der Waals surface area contributed by atoms with E-state index in [9.17, 15) is 18.0 Å². The minimum Gasteiger partial charge on any atom is -0.354 e. The molecule has 0 fully saturated rings. The molecule has 118 valence electrons. The number of aromatic amines is 1. The summed E-state index contributed by atoms with van der Waals surface area (Å²) in [4.78, 5) is 24.7. The highest BCUT2D eigenvalue weighted by molar-refractivity contribution is 7.89. The van der Waals surface area contributed by atoms with Gasteiger partial charge in [0, 0.05) is 25.2 Å². The van der Waals surface area contributed by atoms with Gasteiger partial charge in [0.15, 0.2) is 0 Å². The smallest absolute Gasteiger partial charge is 0.266 e. The Morgan fingerprint density at radius 2 is 2.14 bits per heavy atom. The summed E-state index contributed by atoms with van der Waals surface area (Å²) in [7, 11) is -3.81. The second kappa shape index (κ2) is 7.58. The van der Waals surface area contributed by atoms with Crippen molar-refractivity contribution < 1.29 is 13.2 Å². The molecule has 0 aromatic carbocycles. The van der Waals surface area contributed by atoms with E-state index in [2.05, 4.69) is 15.0 Å². The highest BCUT2D eigenvalue weighted by atomic mass is 35.5. The zero-order chi connectivity index (χ0) is 16.0. The fourth-order valence-corrected chi connectivity index (χ4v) is 2.69. The number of sulfonamides is 1. The van der Waals surface area contributed by atoms with Gasteiger partial charge in [0.1, 0.15) is 5.02 Å². The van der Waals surface area contributed by atoms with Crippen LogP contribution in [0.5, 0.6) is 0 Å². The van der Waals surface area contributed by atoms with E-state index in [0.717, 1.165) is 18.7 Å². The van der Waals surface area contributed by atoms with Gasteiger partial charge in [-0.25, -0.2) is 13.1 Å². The first kappa shape index (κ1) is 17.7. The lowest BCUT2D eigenvalue weighted by Gasteiger charge is -2.11. The largest absolute Gasteiger partial charge is 0.354 e. The van der Waals surface area contributed by atoms with Crippen LogP contribution in [0.25, 0.3) is 0 Å². The molecule has 0 aliphatic rings. The number of hydrogen-bond donors (Lipinski definition) is 3. The third-order valence-corrected chi connectivity index (χ3v) is 4.53. The van der Waals surface area contributed by atoms with Crippen LogP contribution in [-0.4, -0.2) is 31.9 Å². The predicted molar refractivity (Wildman–Crippen MR) is 79.8 cm³/mol. The van der Waals surface area contributed by atoms with Crippen LogP contribution in [0, 0.1) is 0 Å². The molecule has 1 heterocycles. The molecule has 0 bridgehead atoms. The van der Waals surface area contributed by atoms with Gasteiger partial charge in [-0.1, -0.05) is 18.5 Å². The fraction of sp³-hybridized carbons (Fsp3) is 0.500. The van der Waals surface area contributed by atoms with Gasteiger partial charge >= 0.3 is 0 Å². The van der Waals surface area contributed by atoms with E-state index in [0.29, 0.717) is 0 Å². The van der Waals surface area contributed by atoms with Crippen LogP contribution in [0.2, 0.25) is 5.02 Å². The van der Waals surface area contributed by atoms with E-state index >= 15 is 0 Å². The Balaban J connectivity index is 2.59. The number of hydrogen-bond acceptors (Lipinski definition) is 4. The minimum absolute atomic E-state index is 0.0284. The van der Waals surface area contributed by atoms with Crippen molar-refractivity contribution >= 4 is 27.5 Å². The lowest BCUT2D eigenvalue weighted by Crippen LogP contribution is -2.35. The molecule has 0 saturated carbocycles. The van der Waals surface area contributed by atoms with E-state index in [1.165, 1.54) is 0 Å². The van der Waals surface area contributed by atoms with Crippen LogP contribution in [0.15, 0.2) is 22.0 Å². The summed E-state index contributed by atoms with van der Waals surface area (Å²) in [6.45, 7) is 3.76. The summed E-state index contributed by atoms with van der Waals surface area (Å²) in [5, 5.41) is 2.51. The molecule has 0 aliphatic carbocycles. The molecule has 21 heavy (non-hydrogen) atoms. The average Bonchev–Trinajstić information content (AvgIpc) is 2.41. The van der Waals surface area contributed by atoms with Gasteiger partial charge in [-0.2, -0.15) is 0 Å². The summed E-state index contributed by atoms with van der Waals surface area (Å²) >= 11 is 5.58. The predicted octanol–water partition coefficient (Wildman–Crippen LogP) is 0.611. The summed E-state index contributed by atoms with van der Waals surface area (Å²) in [6, 6.07) is 1.11. The topological polar surface area (TPSA) is 108 Å². The number of carbonyl (C=O) groups is 1. The van der Waals surface area contributed by atoms with E-state index < -0.39 is 15.6 Å². The van der Waals surface area contributed by atoms with Crippen molar-refractivity contribution in [2.75, 3.05) is 6.54 Å². The number of carbonyl (C=O) groups excluding carboxylic acids is 1. The van der Waals surface area contributed by atoms with Gasteiger partial charge in [-0.15, -0.1) is 0 Å². The molecule has 1 amide bonds. The molecule has 1 unspecified atom stereocenters. The van der Waals surface area contributed by atoms with E-state index in [4.69, 9.17) is 11.6 Å². The Hall–Kier alpha value is -1.38. The third-order valence-electron chi connectivity index (χ3n) is 2.81. The summed E-state index contributed by atoms with van der Waals surface area (Å²) in [5.74, 6) is -0.230. The Labute approximate surface area is 128 Å². The van der Waals surface area contributed by atoms with Gasteiger partial charge in [-0.3, -0.25) is 9.59 Å². The number of nitrogens with one attached hydrogen (secondary N) is 3. The van der Waals surface area contributed by atoms with Crippen molar-refractivity contribution in [1.82, 2.24) is 15.0 Å². The summed E-state index contributed by atoms with van der Waals surface area (Å²) < 4.78 is 26.1. The van der Waals surface area contributed by atoms with Crippen molar-refractivity contribution in [2.24, 2.45) is 0 Å². The number of aromatic nitrogens is 1. The molecule has 0 saturated heterocycles. The molecule has 3 N–H and O–H groups in total. The summed E-state index contributed by atoms with van der Waals surface area (Å²) in [5.41, 5.74) is -0.566. The molecule has 9 heteroatoms. The first-order chi connectivity index (χ1) is 9.76. The maximum absolute atomic E-state index is 11.9. The minimum atomic E-state index is -3.81. The number of amides is 1. The van der Waals surface area contributed by atoms with Gasteiger partial charge in [0.05, 0.1) is 4.90 Å². The Morgan fingerprint density at radius 3 is 2.71 bits per heavy atom. The van der Waals surface area contributed by atoms with E-state index in [1.54, 1.807) is 0 Å². The molecular formula is C12H18ClN3O4S. The Kier molecular flexibility index (Phi) is 6.38. The monoisotopic (exact) mass is 335 g/mol. The van der Waals surface area contributed by atoms with Gasteiger partial charge < -0.3 is 10.3 Å². The Bertz CT molecular complexity index is 657. The molecule has 7 nitrogen and oxygen atoms in total. The second-order valence-electron chi connectivity index (χ2n) is 4.54.